The third kappa shape index (κ3) is 5.61. The summed E-state index contributed by atoms with van der Waals surface area (Å²) < 4.78 is 0. The van der Waals surface area contributed by atoms with E-state index in [4.69, 9.17) is 16.7 Å². The first-order valence-corrected chi connectivity index (χ1v) is 7.05. The normalized spacial score (nSPS) is 12.2. The van der Waals surface area contributed by atoms with Gasteiger partial charge in [0.25, 0.3) is 0 Å². The summed E-state index contributed by atoms with van der Waals surface area (Å²) >= 11 is 5.94. The topological polar surface area (TPSA) is 66.4 Å². The summed E-state index contributed by atoms with van der Waals surface area (Å²) in [5.74, 6) is -1.24. The van der Waals surface area contributed by atoms with Gasteiger partial charge in [0.2, 0.25) is 5.91 Å². The predicted octanol–water partition coefficient (Wildman–Crippen LogP) is 3.81. The Bertz CT molecular complexity index is 474. The van der Waals surface area contributed by atoms with Crippen LogP contribution in [0, 0.1) is 11.8 Å². The van der Waals surface area contributed by atoms with Crippen molar-refractivity contribution in [3.8, 4) is 0 Å². The fourth-order valence-electron chi connectivity index (χ4n) is 1.99. The number of carboxylic acids is 1. The predicted molar refractivity (Wildman–Crippen MR) is 79.9 cm³/mol. The van der Waals surface area contributed by atoms with Crippen molar-refractivity contribution in [3.05, 3.63) is 29.3 Å². The number of carboxylic acid groups (broad SMARTS) is 1. The number of aliphatic carboxylic acids is 1. The molecule has 20 heavy (non-hydrogen) atoms. The largest absolute Gasteiger partial charge is 0.481 e. The molecule has 0 spiro atoms. The summed E-state index contributed by atoms with van der Waals surface area (Å²) in [4.78, 5) is 22.9. The van der Waals surface area contributed by atoms with Crippen molar-refractivity contribution in [1.29, 1.82) is 0 Å². The molecule has 0 saturated heterocycles. The van der Waals surface area contributed by atoms with Crippen LogP contribution in [0.5, 0.6) is 0 Å². The lowest BCUT2D eigenvalue weighted by Gasteiger charge is -2.14. The van der Waals surface area contributed by atoms with Crippen molar-refractivity contribution in [3.63, 3.8) is 0 Å². The lowest BCUT2D eigenvalue weighted by Crippen LogP contribution is -2.19. The zero-order chi connectivity index (χ0) is 15.1. The second kappa shape index (κ2) is 7.90. The molecule has 4 nitrogen and oxygen atoms in total. The number of para-hydroxylation sites is 1. The van der Waals surface area contributed by atoms with Gasteiger partial charge < -0.3 is 10.4 Å². The van der Waals surface area contributed by atoms with Crippen LogP contribution in [0.15, 0.2) is 24.3 Å². The zero-order valence-corrected chi connectivity index (χ0v) is 12.5. The zero-order valence-electron chi connectivity index (χ0n) is 11.7. The lowest BCUT2D eigenvalue weighted by molar-refractivity contribution is -0.142. The molecular weight excluding hydrogens is 278 g/mol. The molecule has 0 fully saturated rings. The number of carbonyl (C=O) groups is 2. The monoisotopic (exact) mass is 297 g/mol. The van der Waals surface area contributed by atoms with Crippen LogP contribution in [0.1, 0.15) is 33.1 Å². The molecule has 0 unspecified atom stereocenters. The van der Waals surface area contributed by atoms with Gasteiger partial charge in [0.15, 0.2) is 0 Å². The minimum atomic E-state index is -0.843. The molecule has 5 heteroatoms. The van der Waals surface area contributed by atoms with Gasteiger partial charge in [-0.3, -0.25) is 9.59 Å². The van der Waals surface area contributed by atoms with E-state index in [9.17, 15) is 9.59 Å². The molecule has 1 aromatic carbocycles. The van der Waals surface area contributed by atoms with Gasteiger partial charge in [0, 0.05) is 6.42 Å². The van der Waals surface area contributed by atoms with E-state index in [0.29, 0.717) is 29.5 Å². The average Bonchev–Trinajstić information content (AvgIpc) is 2.36. The Morgan fingerprint density at radius 2 is 1.95 bits per heavy atom. The first-order chi connectivity index (χ1) is 9.40. The molecule has 0 heterocycles. The van der Waals surface area contributed by atoms with Crippen LogP contribution in [-0.4, -0.2) is 17.0 Å². The molecule has 1 amide bonds. The summed E-state index contributed by atoms with van der Waals surface area (Å²) in [7, 11) is 0. The molecule has 0 aliphatic carbocycles. The van der Waals surface area contributed by atoms with Crippen molar-refractivity contribution in [2.75, 3.05) is 5.32 Å². The van der Waals surface area contributed by atoms with Gasteiger partial charge in [-0.1, -0.05) is 37.6 Å². The second-order valence-corrected chi connectivity index (χ2v) is 5.64. The van der Waals surface area contributed by atoms with Crippen LogP contribution in [0.2, 0.25) is 5.02 Å². The first kappa shape index (κ1) is 16.5. The number of hydrogen-bond acceptors (Lipinski definition) is 2. The van der Waals surface area contributed by atoms with Gasteiger partial charge in [-0.05, 0) is 30.9 Å². The maximum Gasteiger partial charge on any atom is 0.306 e. The Hall–Kier alpha value is -1.55. The fourth-order valence-corrected chi connectivity index (χ4v) is 2.17. The van der Waals surface area contributed by atoms with Crippen molar-refractivity contribution in [2.45, 2.75) is 33.1 Å². The van der Waals surface area contributed by atoms with E-state index in [1.807, 2.05) is 13.8 Å². The van der Waals surface area contributed by atoms with Crippen LogP contribution >= 0.6 is 11.6 Å². The van der Waals surface area contributed by atoms with E-state index in [0.717, 1.165) is 0 Å². The van der Waals surface area contributed by atoms with E-state index in [2.05, 4.69) is 5.32 Å². The third-order valence-electron chi connectivity index (χ3n) is 2.97. The van der Waals surface area contributed by atoms with Gasteiger partial charge in [-0.15, -0.1) is 0 Å². The Kier molecular flexibility index (Phi) is 6.52. The second-order valence-electron chi connectivity index (χ2n) is 5.23. The van der Waals surface area contributed by atoms with Gasteiger partial charge in [-0.2, -0.15) is 0 Å². The number of halogens is 1. The van der Waals surface area contributed by atoms with E-state index in [1.165, 1.54) is 0 Å². The summed E-state index contributed by atoms with van der Waals surface area (Å²) in [5, 5.41) is 12.3. The molecule has 1 aromatic rings. The highest BCUT2D eigenvalue weighted by Gasteiger charge is 2.20. The summed E-state index contributed by atoms with van der Waals surface area (Å²) in [6.07, 6.45) is 1.09. The van der Waals surface area contributed by atoms with Gasteiger partial charge >= 0.3 is 5.97 Å². The van der Waals surface area contributed by atoms with Crippen LogP contribution in [0.25, 0.3) is 0 Å². The lowest BCUT2D eigenvalue weighted by atomic mass is 9.93. The first-order valence-electron chi connectivity index (χ1n) is 6.67. The van der Waals surface area contributed by atoms with Crippen molar-refractivity contribution in [2.24, 2.45) is 11.8 Å². The van der Waals surface area contributed by atoms with Crippen molar-refractivity contribution >= 4 is 29.2 Å². The molecular formula is C15H20ClNO3. The van der Waals surface area contributed by atoms with Gasteiger partial charge in [-0.25, -0.2) is 0 Å². The number of amides is 1. The minimum Gasteiger partial charge on any atom is -0.481 e. The van der Waals surface area contributed by atoms with Crippen molar-refractivity contribution < 1.29 is 14.7 Å². The standard InChI is InChI=1S/C15H20ClNO3/c1-10(2)9-11(15(19)20)7-8-14(18)17-13-6-4-3-5-12(13)16/h3-6,10-11H,7-9H2,1-2H3,(H,17,18)(H,19,20)/t11-/m1/s1. The number of anilines is 1. The number of benzene rings is 1. The van der Waals surface area contributed by atoms with Crippen LogP contribution in [0.3, 0.4) is 0 Å². The van der Waals surface area contributed by atoms with Crippen LogP contribution < -0.4 is 5.32 Å². The highest BCUT2D eigenvalue weighted by atomic mass is 35.5. The van der Waals surface area contributed by atoms with E-state index in [1.54, 1.807) is 24.3 Å². The SMILES string of the molecule is CC(C)C[C@@H](CCC(=O)Nc1ccccc1Cl)C(=O)O. The Balaban J connectivity index is 2.50. The molecule has 0 bridgehead atoms. The quantitative estimate of drug-likeness (QED) is 0.804. The van der Waals surface area contributed by atoms with Gasteiger partial charge in [0.1, 0.15) is 0 Å². The average molecular weight is 298 g/mol. The molecule has 2 N–H and O–H groups in total. The molecule has 0 aliphatic rings. The smallest absolute Gasteiger partial charge is 0.306 e. The van der Waals surface area contributed by atoms with Gasteiger partial charge in [0.05, 0.1) is 16.6 Å². The van der Waals surface area contributed by atoms with Crippen LogP contribution in [-0.2, 0) is 9.59 Å². The maximum absolute atomic E-state index is 11.8. The van der Waals surface area contributed by atoms with Crippen molar-refractivity contribution in [1.82, 2.24) is 0 Å². The number of nitrogens with one attached hydrogen (secondary N) is 1. The fraction of sp³-hybridized carbons (Fsp3) is 0.467. The highest BCUT2D eigenvalue weighted by Crippen LogP contribution is 2.22. The van der Waals surface area contributed by atoms with Crippen LogP contribution in [0.4, 0.5) is 5.69 Å². The third-order valence-corrected chi connectivity index (χ3v) is 3.30. The number of carbonyl (C=O) groups excluding carboxylic acids is 1. The number of hydrogen-bond donors (Lipinski definition) is 2. The summed E-state index contributed by atoms with van der Waals surface area (Å²) in [5.41, 5.74) is 0.551. The Morgan fingerprint density at radius 3 is 2.50 bits per heavy atom. The summed E-state index contributed by atoms with van der Waals surface area (Å²) in [6.45, 7) is 3.94. The highest BCUT2D eigenvalue weighted by molar-refractivity contribution is 6.33. The van der Waals surface area contributed by atoms with E-state index in [-0.39, 0.29) is 12.3 Å². The van der Waals surface area contributed by atoms with E-state index < -0.39 is 11.9 Å². The molecule has 0 aliphatic heterocycles. The summed E-state index contributed by atoms with van der Waals surface area (Å²) in [6, 6.07) is 6.96. The molecule has 0 aromatic heterocycles. The Labute approximate surface area is 124 Å². The molecule has 110 valence electrons. The number of rotatable bonds is 7. The maximum atomic E-state index is 11.8. The molecule has 0 radical (unpaired) electrons. The molecule has 1 atom stereocenters. The van der Waals surface area contributed by atoms with E-state index >= 15 is 0 Å². The molecule has 0 saturated carbocycles. The minimum absolute atomic E-state index is 0.176. The molecule has 1 rings (SSSR count). The Morgan fingerprint density at radius 1 is 1.30 bits per heavy atom.